The number of benzene rings is 2. The van der Waals surface area contributed by atoms with E-state index in [4.69, 9.17) is 9.47 Å². The first-order chi connectivity index (χ1) is 13.3. The maximum absolute atomic E-state index is 14.6. The molecule has 5 nitrogen and oxygen atoms in total. The molecule has 0 spiro atoms. The monoisotopic (exact) mass is 407 g/mol. The van der Waals surface area contributed by atoms with Crippen molar-refractivity contribution in [2.75, 3.05) is 14.2 Å². The van der Waals surface area contributed by atoms with Crippen molar-refractivity contribution in [2.45, 2.75) is 50.1 Å². The van der Waals surface area contributed by atoms with E-state index in [2.05, 4.69) is 13.8 Å². The van der Waals surface area contributed by atoms with E-state index in [1.165, 1.54) is 30.2 Å². The molecule has 3 rings (SSSR count). The van der Waals surface area contributed by atoms with Crippen LogP contribution >= 0.6 is 0 Å². The predicted octanol–water partition coefficient (Wildman–Crippen LogP) is 4.32. The zero-order valence-electron chi connectivity index (χ0n) is 16.6. The van der Waals surface area contributed by atoms with Crippen LogP contribution in [-0.4, -0.2) is 33.0 Å². The Morgan fingerprint density at radius 2 is 1.64 bits per heavy atom. The zero-order chi connectivity index (χ0) is 20.5. The van der Waals surface area contributed by atoms with Gasteiger partial charge < -0.3 is 9.47 Å². The molecule has 0 radical (unpaired) electrons. The van der Waals surface area contributed by atoms with Gasteiger partial charge in [0.15, 0.2) is 11.5 Å². The summed E-state index contributed by atoms with van der Waals surface area (Å²) in [6.45, 7) is 4.42. The lowest BCUT2D eigenvalue weighted by Crippen LogP contribution is -2.33. The van der Waals surface area contributed by atoms with E-state index in [1.54, 1.807) is 0 Å². The minimum Gasteiger partial charge on any atom is -0.493 e. The van der Waals surface area contributed by atoms with Gasteiger partial charge in [0.25, 0.3) is 0 Å². The second kappa shape index (κ2) is 8.09. The molecule has 0 amide bonds. The van der Waals surface area contributed by atoms with Gasteiger partial charge in [-0.15, -0.1) is 0 Å². The Kier molecular flexibility index (Phi) is 5.95. The van der Waals surface area contributed by atoms with Crippen LogP contribution < -0.4 is 9.47 Å². The van der Waals surface area contributed by atoms with Crippen molar-refractivity contribution in [3.8, 4) is 11.5 Å². The summed E-state index contributed by atoms with van der Waals surface area (Å²) in [6.07, 6.45) is 1.55. The summed E-state index contributed by atoms with van der Waals surface area (Å²) in [6, 6.07) is 10.0. The van der Waals surface area contributed by atoms with Gasteiger partial charge in [-0.2, -0.15) is 4.31 Å². The highest BCUT2D eigenvalue weighted by atomic mass is 32.2. The van der Waals surface area contributed by atoms with E-state index >= 15 is 0 Å². The molecule has 2 aromatic rings. The summed E-state index contributed by atoms with van der Waals surface area (Å²) in [5.41, 5.74) is 2.07. The second-order valence-electron chi connectivity index (χ2n) is 7.32. The maximum Gasteiger partial charge on any atom is 0.246 e. The number of hydrogen-bond donors (Lipinski definition) is 0. The first-order valence-electron chi connectivity index (χ1n) is 9.30. The third kappa shape index (κ3) is 4.15. The van der Waals surface area contributed by atoms with E-state index in [0.717, 1.165) is 24.5 Å². The molecule has 1 fully saturated rings. The molecule has 1 aliphatic rings. The number of methoxy groups -OCH3 is 2. The fourth-order valence-corrected chi connectivity index (χ4v) is 4.86. The Bertz CT molecular complexity index is 938. The van der Waals surface area contributed by atoms with Crippen LogP contribution in [-0.2, 0) is 16.6 Å². The van der Waals surface area contributed by atoms with Gasteiger partial charge in [-0.3, -0.25) is 0 Å². The van der Waals surface area contributed by atoms with Gasteiger partial charge in [-0.05, 0) is 29.9 Å². The SMILES string of the molecule is COc1cc(F)c(S(=O)(=O)N(Cc2ccc(C(C)C)cc2)C2CC2)cc1OC. The average Bonchev–Trinajstić information content (AvgIpc) is 3.50. The van der Waals surface area contributed by atoms with E-state index in [1.807, 2.05) is 24.3 Å². The lowest BCUT2D eigenvalue weighted by atomic mass is 10.0. The Morgan fingerprint density at radius 3 is 2.14 bits per heavy atom. The van der Waals surface area contributed by atoms with Gasteiger partial charge in [0.1, 0.15) is 10.7 Å². The molecular weight excluding hydrogens is 381 g/mol. The van der Waals surface area contributed by atoms with Crippen molar-refractivity contribution in [1.82, 2.24) is 4.31 Å². The van der Waals surface area contributed by atoms with Gasteiger partial charge in [0, 0.05) is 24.7 Å². The number of halogens is 1. The first kappa shape index (κ1) is 20.6. The minimum atomic E-state index is -4.03. The van der Waals surface area contributed by atoms with E-state index in [0.29, 0.717) is 5.92 Å². The largest absolute Gasteiger partial charge is 0.493 e. The van der Waals surface area contributed by atoms with Crippen molar-refractivity contribution in [1.29, 1.82) is 0 Å². The second-order valence-corrected chi connectivity index (χ2v) is 9.17. The molecule has 1 saturated carbocycles. The van der Waals surface area contributed by atoms with Gasteiger partial charge >= 0.3 is 0 Å². The normalized spacial score (nSPS) is 14.5. The molecule has 0 heterocycles. The standard InChI is InChI=1S/C21H26FNO4S/c1-14(2)16-7-5-15(6-8-16)13-23(17-9-10-17)28(24,25)21-12-20(27-4)19(26-3)11-18(21)22/h5-8,11-12,14,17H,9-10,13H2,1-4H3. The van der Waals surface area contributed by atoms with Crippen LogP contribution in [0.1, 0.15) is 43.7 Å². The van der Waals surface area contributed by atoms with Gasteiger partial charge in [-0.1, -0.05) is 38.1 Å². The molecule has 0 aliphatic heterocycles. The van der Waals surface area contributed by atoms with Crippen molar-refractivity contribution in [3.05, 3.63) is 53.3 Å². The Balaban J connectivity index is 1.95. The third-order valence-corrected chi connectivity index (χ3v) is 6.88. The first-order valence-corrected chi connectivity index (χ1v) is 10.7. The molecule has 0 aromatic heterocycles. The Hall–Kier alpha value is -2.12. The van der Waals surface area contributed by atoms with Crippen LogP contribution in [0.5, 0.6) is 11.5 Å². The summed E-state index contributed by atoms with van der Waals surface area (Å²) < 4.78 is 52.8. The molecule has 1 aliphatic carbocycles. The quantitative estimate of drug-likeness (QED) is 0.654. The lowest BCUT2D eigenvalue weighted by Gasteiger charge is -2.23. The van der Waals surface area contributed by atoms with Crippen molar-refractivity contribution < 1.29 is 22.3 Å². The minimum absolute atomic E-state index is 0.109. The summed E-state index contributed by atoms with van der Waals surface area (Å²) in [5.74, 6) is -0.114. The molecule has 0 atom stereocenters. The summed E-state index contributed by atoms with van der Waals surface area (Å²) in [7, 11) is -1.26. The van der Waals surface area contributed by atoms with Crippen LogP contribution in [0.15, 0.2) is 41.3 Å². The molecule has 0 N–H and O–H groups in total. The summed E-state index contributed by atoms with van der Waals surface area (Å²) in [5, 5.41) is 0. The van der Waals surface area contributed by atoms with E-state index < -0.39 is 20.7 Å². The maximum atomic E-state index is 14.6. The molecule has 152 valence electrons. The highest BCUT2D eigenvalue weighted by Crippen LogP contribution is 2.38. The topological polar surface area (TPSA) is 55.8 Å². The van der Waals surface area contributed by atoms with E-state index in [-0.39, 0.29) is 24.1 Å². The molecule has 7 heteroatoms. The molecule has 0 unspecified atom stereocenters. The Morgan fingerprint density at radius 1 is 1.07 bits per heavy atom. The van der Waals surface area contributed by atoms with Crippen molar-refractivity contribution >= 4 is 10.0 Å². The van der Waals surface area contributed by atoms with Crippen LogP contribution in [0.3, 0.4) is 0 Å². The number of sulfonamides is 1. The number of rotatable bonds is 8. The van der Waals surface area contributed by atoms with E-state index in [9.17, 15) is 12.8 Å². The van der Waals surface area contributed by atoms with Gasteiger partial charge in [0.05, 0.1) is 14.2 Å². The van der Waals surface area contributed by atoms with Crippen molar-refractivity contribution in [3.63, 3.8) is 0 Å². The van der Waals surface area contributed by atoms with Crippen LogP contribution in [0.2, 0.25) is 0 Å². The summed E-state index contributed by atoms with van der Waals surface area (Å²) >= 11 is 0. The Labute approximate surface area is 166 Å². The average molecular weight is 408 g/mol. The molecule has 2 aromatic carbocycles. The molecule has 28 heavy (non-hydrogen) atoms. The van der Waals surface area contributed by atoms with Gasteiger partial charge in [-0.25, -0.2) is 12.8 Å². The third-order valence-electron chi connectivity index (χ3n) is 4.96. The number of hydrogen-bond acceptors (Lipinski definition) is 4. The fourth-order valence-electron chi connectivity index (χ4n) is 3.12. The number of nitrogens with zero attached hydrogens (tertiary/aromatic N) is 1. The smallest absolute Gasteiger partial charge is 0.246 e. The van der Waals surface area contributed by atoms with Crippen LogP contribution in [0.4, 0.5) is 4.39 Å². The molecular formula is C21H26FNO4S. The molecule has 0 saturated heterocycles. The highest BCUT2D eigenvalue weighted by molar-refractivity contribution is 7.89. The lowest BCUT2D eigenvalue weighted by molar-refractivity contribution is 0.348. The van der Waals surface area contributed by atoms with Crippen LogP contribution in [0.25, 0.3) is 0 Å². The fraction of sp³-hybridized carbons (Fsp3) is 0.429. The van der Waals surface area contributed by atoms with Gasteiger partial charge in [0.2, 0.25) is 10.0 Å². The van der Waals surface area contributed by atoms with Crippen molar-refractivity contribution in [2.24, 2.45) is 0 Å². The highest BCUT2D eigenvalue weighted by Gasteiger charge is 2.39. The number of ether oxygens (including phenoxy) is 2. The predicted molar refractivity (Wildman–Crippen MR) is 106 cm³/mol. The van der Waals surface area contributed by atoms with Crippen LogP contribution in [0, 0.1) is 5.82 Å². The molecule has 0 bridgehead atoms. The summed E-state index contributed by atoms with van der Waals surface area (Å²) in [4.78, 5) is -0.393. The zero-order valence-corrected chi connectivity index (χ0v) is 17.4.